The van der Waals surface area contributed by atoms with Crippen molar-refractivity contribution >= 4 is 23.4 Å². The third kappa shape index (κ3) is 4.95. The molecule has 3 heterocycles. The van der Waals surface area contributed by atoms with Crippen molar-refractivity contribution in [1.29, 1.82) is 0 Å². The van der Waals surface area contributed by atoms with E-state index >= 15 is 0 Å². The number of thioether (sulfide) groups is 1. The van der Waals surface area contributed by atoms with E-state index in [0.717, 1.165) is 50.5 Å². The number of fused-ring (bicyclic) bond motifs is 1. The highest BCUT2D eigenvalue weighted by Gasteiger charge is 2.25. The number of rotatable bonds is 7. The second kappa shape index (κ2) is 10.0. The predicted octanol–water partition coefficient (Wildman–Crippen LogP) is 3.10. The van der Waals surface area contributed by atoms with Gasteiger partial charge in [0.25, 0.3) is 0 Å². The Balaban J connectivity index is 1.32. The van der Waals surface area contributed by atoms with Crippen LogP contribution in [0.1, 0.15) is 5.56 Å². The average Bonchev–Trinajstić information content (AvgIpc) is 3.47. The smallest absolute Gasteiger partial charge is 0.237 e. The van der Waals surface area contributed by atoms with Crippen LogP contribution >= 0.6 is 11.8 Å². The molecule has 33 heavy (non-hydrogen) atoms. The van der Waals surface area contributed by atoms with Crippen LogP contribution in [0.5, 0.6) is 0 Å². The summed E-state index contributed by atoms with van der Waals surface area (Å²) in [4.78, 5) is 17.2. The largest absolute Gasteiger partial charge is 0.379 e. The molecule has 2 aromatic carbocycles. The van der Waals surface area contributed by atoms with Crippen molar-refractivity contribution in [3.05, 3.63) is 59.9 Å². The standard InChI is InChI=1S/C24H26FN5O2S/c25-20-7-5-19(6-8-20)23-26-27-24(30(23)12-11-28-13-15-32-16-14-28)33-17-22(31)29-10-9-18-3-1-2-4-21(18)29/h1-8H,9-17H2. The average molecular weight is 468 g/mol. The second-order valence-electron chi connectivity index (χ2n) is 8.13. The quantitative estimate of drug-likeness (QED) is 0.498. The molecule has 5 rings (SSSR count). The van der Waals surface area contributed by atoms with Gasteiger partial charge >= 0.3 is 0 Å². The maximum Gasteiger partial charge on any atom is 0.237 e. The molecular formula is C24H26FN5O2S. The van der Waals surface area contributed by atoms with Crippen LogP contribution < -0.4 is 4.90 Å². The van der Waals surface area contributed by atoms with Gasteiger partial charge in [0.05, 0.1) is 19.0 Å². The molecule has 0 spiro atoms. The molecule has 172 valence electrons. The van der Waals surface area contributed by atoms with Gasteiger partial charge in [0.2, 0.25) is 5.91 Å². The van der Waals surface area contributed by atoms with E-state index in [2.05, 4.69) is 21.2 Å². The maximum atomic E-state index is 13.5. The number of nitrogens with zero attached hydrogens (tertiary/aromatic N) is 5. The number of ether oxygens (including phenoxy) is 1. The lowest BCUT2D eigenvalue weighted by atomic mass is 10.2. The first-order chi connectivity index (χ1) is 16.2. The van der Waals surface area contributed by atoms with Gasteiger partial charge in [0.15, 0.2) is 11.0 Å². The predicted molar refractivity (Wildman–Crippen MR) is 126 cm³/mol. The summed E-state index contributed by atoms with van der Waals surface area (Å²) < 4.78 is 20.9. The van der Waals surface area contributed by atoms with E-state index in [0.29, 0.717) is 24.1 Å². The SMILES string of the molecule is O=C(CSc1nnc(-c2ccc(F)cc2)n1CCN1CCOCC1)N1CCc2ccccc21. The molecule has 9 heteroatoms. The number of para-hydroxylation sites is 1. The molecule has 0 bridgehead atoms. The number of aromatic nitrogens is 3. The van der Waals surface area contributed by atoms with Crippen LogP contribution in [0.4, 0.5) is 10.1 Å². The first-order valence-electron chi connectivity index (χ1n) is 11.2. The van der Waals surface area contributed by atoms with E-state index in [1.807, 2.05) is 27.7 Å². The fourth-order valence-corrected chi connectivity index (χ4v) is 5.12. The summed E-state index contributed by atoms with van der Waals surface area (Å²) in [5.74, 6) is 0.748. The summed E-state index contributed by atoms with van der Waals surface area (Å²) in [5, 5.41) is 9.48. The minimum atomic E-state index is -0.288. The Morgan fingerprint density at radius 1 is 1.00 bits per heavy atom. The Bertz CT molecular complexity index is 1110. The van der Waals surface area contributed by atoms with Crippen LogP contribution in [0, 0.1) is 5.82 Å². The normalized spacial score (nSPS) is 16.2. The van der Waals surface area contributed by atoms with Crippen LogP contribution in [0.2, 0.25) is 0 Å². The third-order valence-corrected chi connectivity index (χ3v) is 7.03. The number of anilines is 1. The zero-order chi connectivity index (χ0) is 22.6. The minimum Gasteiger partial charge on any atom is -0.379 e. The van der Waals surface area contributed by atoms with Gasteiger partial charge in [0.1, 0.15) is 5.82 Å². The summed E-state index contributed by atoms with van der Waals surface area (Å²) in [6.07, 6.45) is 0.886. The van der Waals surface area contributed by atoms with Crippen LogP contribution in [0.15, 0.2) is 53.7 Å². The van der Waals surface area contributed by atoms with Gasteiger partial charge in [-0.1, -0.05) is 30.0 Å². The van der Waals surface area contributed by atoms with Crippen LogP contribution in [0.25, 0.3) is 11.4 Å². The number of halogens is 1. The minimum absolute atomic E-state index is 0.0658. The van der Waals surface area contributed by atoms with Crippen molar-refractivity contribution in [3.8, 4) is 11.4 Å². The van der Waals surface area contributed by atoms with Gasteiger partial charge in [0, 0.05) is 44.0 Å². The topological polar surface area (TPSA) is 63.5 Å². The zero-order valence-corrected chi connectivity index (χ0v) is 19.1. The Labute approximate surface area is 196 Å². The molecule has 2 aliphatic heterocycles. The molecule has 0 unspecified atom stereocenters. The van der Waals surface area contributed by atoms with Crippen molar-refractivity contribution in [2.45, 2.75) is 18.1 Å². The molecule has 0 atom stereocenters. The van der Waals surface area contributed by atoms with E-state index in [-0.39, 0.29) is 17.5 Å². The van der Waals surface area contributed by atoms with E-state index in [9.17, 15) is 9.18 Å². The molecule has 0 aliphatic carbocycles. The number of hydrogen-bond donors (Lipinski definition) is 0. The lowest BCUT2D eigenvalue weighted by molar-refractivity contribution is -0.116. The van der Waals surface area contributed by atoms with E-state index in [1.165, 1.54) is 29.5 Å². The highest BCUT2D eigenvalue weighted by molar-refractivity contribution is 7.99. The monoisotopic (exact) mass is 467 g/mol. The lowest BCUT2D eigenvalue weighted by Crippen LogP contribution is -2.38. The Hall–Kier alpha value is -2.75. The highest BCUT2D eigenvalue weighted by Crippen LogP contribution is 2.29. The molecule has 7 nitrogen and oxygen atoms in total. The molecule has 0 saturated carbocycles. The van der Waals surface area contributed by atoms with E-state index < -0.39 is 0 Å². The Kier molecular flexibility index (Phi) is 6.70. The number of amides is 1. The second-order valence-corrected chi connectivity index (χ2v) is 9.07. The molecule has 3 aromatic rings. The summed E-state index contributed by atoms with van der Waals surface area (Å²) in [6.45, 7) is 5.48. The molecule has 2 aliphatic rings. The van der Waals surface area contributed by atoms with E-state index in [1.54, 1.807) is 12.1 Å². The summed E-state index contributed by atoms with van der Waals surface area (Å²) >= 11 is 1.40. The van der Waals surface area contributed by atoms with Gasteiger partial charge in [-0.2, -0.15) is 0 Å². The van der Waals surface area contributed by atoms with Gasteiger partial charge in [-0.25, -0.2) is 4.39 Å². The van der Waals surface area contributed by atoms with Gasteiger partial charge < -0.3 is 14.2 Å². The Morgan fingerprint density at radius 3 is 2.61 bits per heavy atom. The summed E-state index contributed by atoms with van der Waals surface area (Å²) in [5.41, 5.74) is 3.02. The molecule has 1 fully saturated rings. The third-order valence-electron chi connectivity index (χ3n) is 6.08. The first-order valence-corrected chi connectivity index (χ1v) is 12.2. The number of hydrogen-bond acceptors (Lipinski definition) is 6. The van der Waals surface area contributed by atoms with Gasteiger partial charge in [-0.05, 0) is 42.3 Å². The van der Waals surface area contributed by atoms with Crippen molar-refractivity contribution in [2.24, 2.45) is 0 Å². The van der Waals surface area contributed by atoms with Crippen LogP contribution in [0.3, 0.4) is 0 Å². The van der Waals surface area contributed by atoms with Crippen LogP contribution in [-0.4, -0.2) is 70.7 Å². The molecular weight excluding hydrogens is 441 g/mol. The fraction of sp³-hybridized carbons (Fsp3) is 0.375. The molecule has 0 N–H and O–H groups in total. The fourth-order valence-electron chi connectivity index (χ4n) is 4.28. The van der Waals surface area contributed by atoms with Crippen molar-refractivity contribution < 1.29 is 13.9 Å². The lowest BCUT2D eigenvalue weighted by Gasteiger charge is -2.27. The maximum absolute atomic E-state index is 13.5. The first kappa shape index (κ1) is 22.1. The van der Waals surface area contributed by atoms with Crippen molar-refractivity contribution in [1.82, 2.24) is 19.7 Å². The number of carbonyl (C=O) groups is 1. The molecule has 0 radical (unpaired) electrons. The van der Waals surface area contributed by atoms with Gasteiger partial charge in [-0.3, -0.25) is 9.69 Å². The van der Waals surface area contributed by atoms with Crippen molar-refractivity contribution in [3.63, 3.8) is 0 Å². The Morgan fingerprint density at radius 2 is 1.79 bits per heavy atom. The van der Waals surface area contributed by atoms with E-state index in [4.69, 9.17) is 4.74 Å². The molecule has 1 aromatic heterocycles. The number of benzene rings is 2. The van der Waals surface area contributed by atoms with Crippen LogP contribution in [-0.2, 0) is 22.5 Å². The summed E-state index contributed by atoms with van der Waals surface area (Å²) in [6, 6.07) is 14.3. The zero-order valence-electron chi connectivity index (χ0n) is 18.3. The number of morpholine rings is 1. The van der Waals surface area contributed by atoms with Gasteiger partial charge in [-0.15, -0.1) is 10.2 Å². The molecule has 1 saturated heterocycles. The highest BCUT2D eigenvalue weighted by atomic mass is 32.2. The molecule has 1 amide bonds. The van der Waals surface area contributed by atoms with Crippen molar-refractivity contribution in [2.75, 3.05) is 50.0 Å². The number of carbonyl (C=O) groups excluding carboxylic acids is 1. The summed E-state index contributed by atoms with van der Waals surface area (Å²) in [7, 11) is 0.